The summed E-state index contributed by atoms with van der Waals surface area (Å²) in [5.41, 5.74) is 1.09. The molecular formula is C18H29NO4S. The lowest BCUT2D eigenvalue weighted by atomic mass is 10.1. The minimum atomic E-state index is -2.74. The first-order chi connectivity index (χ1) is 11.2. The number of ether oxygens (including phenoxy) is 1. The van der Waals surface area contributed by atoms with E-state index in [0.717, 1.165) is 5.56 Å². The third-order valence-electron chi connectivity index (χ3n) is 4.52. The van der Waals surface area contributed by atoms with Crippen LogP contribution in [-0.4, -0.2) is 51.1 Å². The van der Waals surface area contributed by atoms with E-state index in [2.05, 4.69) is 4.36 Å². The van der Waals surface area contributed by atoms with Crippen molar-refractivity contribution < 1.29 is 19.2 Å². The number of hydrogen-bond acceptors (Lipinski definition) is 5. The maximum Gasteiger partial charge on any atom is 0.0850 e. The number of aryl methyl sites for hydroxylation is 1. The first kappa shape index (κ1) is 19.4. The Labute approximate surface area is 145 Å². The normalized spacial score (nSPS) is 27.9. The van der Waals surface area contributed by atoms with E-state index >= 15 is 0 Å². The van der Waals surface area contributed by atoms with Crippen molar-refractivity contribution in [2.75, 3.05) is 12.4 Å². The van der Waals surface area contributed by atoms with Crippen LogP contribution in [0.1, 0.15) is 32.8 Å². The second-order valence-electron chi connectivity index (χ2n) is 6.99. The van der Waals surface area contributed by atoms with E-state index in [4.69, 9.17) is 4.74 Å². The lowest BCUT2D eigenvalue weighted by molar-refractivity contribution is 0.0298. The molecule has 0 radical (unpaired) electrons. The lowest BCUT2D eigenvalue weighted by Crippen LogP contribution is -2.26. The third kappa shape index (κ3) is 4.57. The van der Waals surface area contributed by atoms with Gasteiger partial charge in [-0.05, 0) is 31.9 Å². The molecule has 1 heterocycles. The largest absolute Gasteiger partial charge is 0.394 e. The summed E-state index contributed by atoms with van der Waals surface area (Å²) in [6.45, 7) is 7.57. The molecule has 0 amide bonds. The van der Waals surface area contributed by atoms with E-state index in [1.165, 1.54) is 0 Å². The zero-order chi connectivity index (χ0) is 17.9. The molecule has 1 aromatic rings. The fourth-order valence-corrected chi connectivity index (χ4v) is 5.23. The lowest BCUT2D eigenvalue weighted by Gasteiger charge is -2.20. The quantitative estimate of drug-likeness (QED) is 0.821. The number of aliphatic hydroxyl groups is 2. The van der Waals surface area contributed by atoms with Gasteiger partial charge in [0.25, 0.3) is 0 Å². The molecule has 2 N–H and O–H groups in total. The summed E-state index contributed by atoms with van der Waals surface area (Å²) in [5.74, 6) is 0.330. The second-order valence-corrected chi connectivity index (χ2v) is 9.28. The Bertz CT molecular complexity index is 639. The molecule has 6 heteroatoms. The van der Waals surface area contributed by atoms with Crippen LogP contribution in [0.4, 0.5) is 0 Å². The summed E-state index contributed by atoms with van der Waals surface area (Å²) in [6.07, 6.45) is -0.616. The topological polar surface area (TPSA) is 79.1 Å². The molecule has 1 saturated heterocycles. The van der Waals surface area contributed by atoms with Gasteiger partial charge in [-0.2, -0.15) is 0 Å². The summed E-state index contributed by atoms with van der Waals surface area (Å²) in [6, 6.07) is 7.12. The molecule has 5 atom stereocenters. The summed E-state index contributed by atoms with van der Waals surface area (Å²) in [7, 11) is -2.74. The van der Waals surface area contributed by atoms with Gasteiger partial charge in [-0.25, -0.2) is 8.57 Å². The first-order valence-corrected chi connectivity index (χ1v) is 10.2. The van der Waals surface area contributed by atoms with Crippen LogP contribution in [0.3, 0.4) is 0 Å². The van der Waals surface area contributed by atoms with Crippen LogP contribution < -0.4 is 0 Å². The van der Waals surface area contributed by atoms with E-state index in [1.54, 1.807) is 0 Å². The predicted molar refractivity (Wildman–Crippen MR) is 95.6 cm³/mol. The van der Waals surface area contributed by atoms with Gasteiger partial charge in [0.2, 0.25) is 0 Å². The van der Waals surface area contributed by atoms with Crippen LogP contribution in [0.25, 0.3) is 0 Å². The molecule has 1 fully saturated rings. The molecule has 5 nitrogen and oxygen atoms in total. The van der Waals surface area contributed by atoms with E-state index in [1.807, 2.05) is 52.0 Å². The first-order valence-electron chi connectivity index (χ1n) is 8.50. The van der Waals surface area contributed by atoms with Crippen molar-refractivity contribution in [1.29, 1.82) is 0 Å². The van der Waals surface area contributed by atoms with Gasteiger partial charge in [0.05, 0.1) is 46.4 Å². The highest BCUT2D eigenvalue weighted by atomic mass is 32.2. The van der Waals surface area contributed by atoms with E-state index in [9.17, 15) is 14.4 Å². The van der Waals surface area contributed by atoms with Gasteiger partial charge in [0.1, 0.15) is 0 Å². The van der Waals surface area contributed by atoms with Crippen molar-refractivity contribution in [1.82, 2.24) is 0 Å². The molecule has 24 heavy (non-hydrogen) atoms. The minimum Gasteiger partial charge on any atom is -0.394 e. The van der Waals surface area contributed by atoms with Crippen LogP contribution in [0.2, 0.25) is 0 Å². The highest BCUT2D eigenvalue weighted by Gasteiger charge is 2.34. The standard InChI is InChI=1S/C18H29NO4S/c1-12(2)17(10-20)19-24(22,16-7-5-13(3)6-8-16)11-15-9-18(21)14(4)23-15/h5-8,12,14-15,17-18,20-21H,9-11H2,1-4H3/t14-,15-,17+,18+,24?/m0/s1. The maximum atomic E-state index is 13.7. The number of rotatable bonds is 6. The fourth-order valence-electron chi connectivity index (χ4n) is 2.81. The second kappa shape index (κ2) is 7.95. The molecule has 0 aliphatic carbocycles. The zero-order valence-electron chi connectivity index (χ0n) is 14.9. The highest BCUT2D eigenvalue weighted by Crippen LogP contribution is 2.26. The monoisotopic (exact) mass is 355 g/mol. The van der Waals surface area contributed by atoms with Crippen LogP contribution in [0.15, 0.2) is 33.5 Å². The van der Waals surface area contributed by atoms with Gasteiger partial charge in [-0.15, -0.1) is 0 Å². The molecule has 2 rings (SSSR count). The molecule has 136 valence electrons. The Morgan fingerprint density at radius 1 is 1.33 bits per heavy atom. The molecule has 0 bridgehead atoms. The fraction of sp³-hybridized carbons (Fsp3) is 0.667. The third-order valence-corrected chi connectivity index (χ3v) is 6.96. The zero-order valence-corrected chi connectivity index (χ0v) is 15.7. The van der Waals surface area contributed by atoms with E-state index in [-0.39, 0.29) is 36.5 Å². The van der Waals surface area contributed by atoms with Crippen molar-refractivity contribution in [3.63, 3.8) is 0 Å². The molecule has 1 aliphatic heterocycles. The molecule has 1 aliphatic rings. The number of benzene rings is 1. The number of nitrogens with zero attached hydrogens (tertiary/aromatic N) is 1. The van der Waals surface area contributed by atoms with Crippen LogP contribution in [-0.2, 0) is 14.5 Å². The van der Waals surface area contributed by atoms with Crippen molar-refractivity contribution in [2.24, 2.45) is 10.3 Å². The molecular weight excluding hydrogens is 326 g/mol. The van der Waals surface area contributed by atoms with Crippen molar-refractivity contribution in [3.8, 4) is 0 Å². The van der Waals surface area contributed by atoms with Gasteiger partial charge in [-0.3, -0.25) is 0 Å². The molecule has 1 aromatic carbocycles. The summed E-state index contributed by atoms with van der Waals surface area (Å²) in [5, 5.41) is 19.5. The van der Waals surface area contributed by atoms with E-state index < -0.39 is 15.8 Å². The smallest absolute Gasteiger partial charge is 0.0850 e. The van der Waals surface area contributed by atoms with Crippen LogP contribution >= 0.6 is 0 Å². The van der Waals surface area contributed by atoms with Gasteiger partial charge >= 0.3 is 0 Å². The molecule has 0 spiro atoms. The SMILES string of the molecule is Cc1ccc(S(=O)(C[C@@H]2C[C@@H](O)[C@H](C)O2)=N[C@H](CO)C(C)C)cc1. The van der Waals surface area contributed by atoms with E-state index in [0.29, 0.717) is 11.3 Å². The average molecular weight is 356 g/mol. The predicted octanol–water partition coefficient (Wildman–Crippen LogP) is 2.38. The number of hydrogen-bond donors (Lipinski definition) is 2. The van der Waals surface area contributed by atoms with Gasteiger partial charge < -0.3 is 14.9 Å². The summed E-state index contributed by atoms with van der Waals surface area (Å²) >= 11 is 0. The Balaban J connectivity index is 2.39. The van der Waals surface area contributed by atoms with Crippen molar-refractivity contribution >= 4 is 9.73 Å². The summed E-state index contributed by atoms with van der Waals surface area (Å²) in [4.78, 5) is 0.657. The minimum absolute atomic E-state index is 0.0929. The van der Waals surface area contributed by atoms with Gasteiger partial charge in [0.15, 0.2) is 0 Å². The Kier molecular flexibility index (Phi) is 6.42. The maximum absolute atomic E-state index is 13.7. The van der Waals surface area contributed by atoms with Crippen LogP contribution in [0.5, 0.6) is 0 Å². The van der Waals surface area contributed by atoms with Gasteiger partial charge in [0, 0.05) is 11.3 Å². The molecule has 0 saturated carbocycles. The van der Waals surface area contributed by atoms with Crippen molar-refractivity contribution in [3.05, 3.63) is 29.8 Å². The Morgan fingerprint density at radius 2 is 1.96 bits per heavy atom. The molecule has 1 unspecified atom stereocenters. The van der Waals surface area contributed by atoms with Crippen LogP contribution in [0, 0.1) is 12.8 Å². The Morgan fingerprint density at radius 3 is 2.42 bits per heavy atom. The van der Waals surface area contributed by atoms with Crippen molar-refractivity contribution in [2.45, 2.75) is 63.4 Å². The van der Waals surface area contributed by atoms with Gasteiger partial charge in [-0.1, -0.05) is 31.5 Å². The Hall–Kier alpha value is -0.950. The highest BCUT2D eigenvalue weighted by molar-refractivity contribution is 7.93. The summed E-state index contributed by atoms with van der Waals surface area (Å²) < 4.78 is 24.0. The average Bonchev–Trinajstić information content (AvgIpc) is 2.82. The number of aliphatic hydroxyl groups excluding tert-OH is 2. The molecule has 0 aromatic heterocycles.